The molecule has 1 N–H and O–H groups in total. The molecular weight excluding hydrogens is 436 g/mol. The molecule has 8 nitrogen and oxygen atoms in total. The Bertz CT molecular complexity index is 1200. The van der Waals surface area contributed by atoms with Gasteiger partial charge in [-0.1, -0.05) is 0 Å². The van der Waals surface area contributed by atoms with Crippen LogP contribution >= 0.6 is 0 Å². The predicted octanol–water partition coefficient (Wildman–Crippen LogP) is 4.37. The molecule has 8 heteroatoms. The molecule has 3 aromatic rings. The molecule has 0 saturated heterocycles. The highest BCUT2D eigenvalue weighted by Crippen LogP contribution is 2.27. The first-order valence-corrected chi connectivity index (χ1v) is 10.7. The number of rotatable bonds is 9. The van der Waals surface area contributed by atoms with Gasteiger partial charge in [0, 0.05) is 31.5 Å². The minimum absolute atomic E-state index is 0.235. The third-order valence-corrected chi connectivity index (χ3v) is 5.37. The second kappa shape index (κ2) is 10.2. The summed E-state index contributed by atoms with van der Waals surface area (Å²) in [5, 5.41) is 2.80. The standard InChI is InChI=1S/C26H24N2O6/c1-32-15-3-14-28-25(30)22-13-4-17(16-23(22)26(28)31)24(29)27-18-5-7-20(8-6-18)34-21-11-9-19(33-2)10-12-21/h4-13,16H,3,14-15H2,1-2H3,(H,27,29). The van der Waals surface area contributed by atoms with Crippen LogP contribution in [-0.4, -0.2) is 50.0 Å². The Morgan fingerprint density at radius 3 is 2.09 bits per heavy atom. The number of carbonyl (C=O) groups excluding carboxylic acids is 3. The second-order valence-electron chi connectivity index (χ2n) is 7.62. The third-order valence-electron chi connectivity index (χ3n) is 5.37. The SMILES string of the molecule is COCCCN1C(=O)c2ccc(C(=O)Nc3ccc(Oc4ccc(OC)cc4)cc3)cc2C1=O. The summed E-state index contributed by atoms with van der Waals surface area (Å²) in [5.74, 6) is 0.873. The predicted molar refractivity (Wildman–Crippen MR) is 126 cm³/mol. The maximum atomic E-state index is 12.8. The molecule has 0 atom stereocenters. The Balaban J connectivity index is 1.40. The van der Waals surface area contributed by atoms with Crippen LogP contribution in [0.3, 0.4) is 0 Å². The van der Waals surface area contributed by atoms with Crippen LogP contribution in [0.5, 0.6) is 17.2 Å². The molecule has 4 rings (SSSR count). The summed E-state index contributed by atoms with van der Waals surface area (Å²) in [7, 11) is 3.16. The first kappa shape index (κ1) is 23.0. The van der Waals surface area contributed by atoms with Gasteiger partial charge >= 0.3 is 0 Å². The lowest BCUT2D eigenvalue weighted by Gasteiger charge is -2.12. The van der Waals surface area contributed by atoms with E-state index in [9.17, 15) is 14.4 Å². The number of benzene rings is 3. The number of nitrogens with one attached hydrogen (secondary N) is 1. The number of imide groups is 1. The fourth-order valence-electron chi connectivity index (χ4n) is 3.59. The molecule has 3 amide bonds. The Hall–Kier alpha value is -4.17. The Labute approximate surface area is 197 Å². The molecule has 0 unspecified atom stereocenters. The number of amides is 3. The number of anilines is 1. The largest absolute Gasteiger partial charge is 0.497 e. The van der Waals surface area contributed by atoms with Crippen molar-refractivity contribution in [3.63, 3.8) is 0 Å². The van der Waals surface area contributed by atoms with Crippen LogP contribution < -0.4 is 14.8 Å². The van der Waals surface area contributed by atoms with Gasteiger partial charge in [0.1, 0.15) is 17.2 Å². The summed E-state index contributed by atoms with van der Waals surface area (Å²) >= 11 is 0. The summed E-state index contributed by atoms with van der Waals surface area (Å²) in [6.45, 7) is 0.720. The van der Waals surface area contributed by atoms with Gasteiger partial charge in [0.2, 0.25) is 0 Å². The number of hydrogen-bond acceptors (Lipinski definition) is 6. The quantitative estimate of drug-likeness (QED) is 0.376. The lowest BCUT2D eigenvalue weighted by Crippen LogP contribution is -2.31. The fourth-order valence-corrected chi connectivity index (χ4v) is 3.59. The molecule has 0 bridgehead atoms. The van der Waals surface area contributed by atoms with Crippen LogP contribution in [0.25, 0.3) is 0 Å². The summed E-state index contributed by atoms with van der Waals surface area (Å²) in [6.07, 6.45) is 0.549. The zero-order valence-corrected chi connectivity index (χ0v) is 18.9. The zero-order chi connectivity index (χ0) is 24.1. The maximum absolute atomic E-state index is 12.8. The minimum atomic E-state index is -0.397. The van der Waals surface area contributed by atoms with E-state index in [4.69, 9.17) is 14.2 Å². The third kappa shape index (κ3) is 4.92. The van der Waals surface area contributed by atoms with Crippen LogP contribution in [0.15, 0.2) is 66.7 Å². The monoisotopic (exact) mass is 460 g/mol. The van der Waals surface area contributed by atoms with E-state index in [0.717, 1.165) is 5.75 Å². The number of methoxy groups -OCH3 is 2. The Morgan fingerprint density at radius 2 is 1.44 bits per heavy atom. The number of hydrogen-bond donors (Lipinski definition) is 1. The van der Waals surface area contributed by atoms with Gasteiger partial charge in [-0.25, -0.2) is 0 Å². The van der Waals surface area contributed by atoms with E-state index in [1.54, 1.807) is 68.8 Å². The van der Waals surface area contributed by atoms with E-state index in [1.807, 2.05) is 0 Å². The van der Waals surface area contributed by atoms with E-state index >= 15 is 0 Å². The summed E-state index contributed by atoms with van der Waals surface area (Å²) < 4.78 is 15.9. The molecule has 0 aliphatic carbocycles. The van der Waals surface area contributed by atoms with Crippen molar-refractivity contribution in [3.8, 4) is 17.2 Å². The van der Waals surface area contributed by atoms with Gasteiger partial charge in [-0.15, -0.1) is 0 Å². The van der Waals surface area contributed by atoms with Crippen molar-refractivity contribution in [3.05, 3.63) is 83.4 Å². The first-order valence-electron chi connectivity index (χ1n) is 10.7. The molecule has 3 aromatic carbocycles. The highest BCUT2D eigenvalue weighted by Gasteiger charge is 2.35. The average molecular weight is 460 g/mol. The summed E-state index contributed by atoms with van der Waals surface area (Å²) in [6, 6.07) is 18.6. The van der Waals surface area contributed by atoms with Gasteiger partial charge in [0.25, 0.3) is 17.7 Å². The topological polar surface area (TPSA) is 94.2 Å². The fraction of sp³-hybridized carbons (Fsp3) is 0.192. The molecule has 0 saturated carbocycles. The molecule has 0 radical (unpaired) electrons. The van der Waals surface area contributed by atoms with Crippen molar-refractivity contribution < 1.29 is 28.6 Å². The summed E-state index contributed by atoms with van der Waals surface area (Å²) in [5.41, 5.74) is 1.39. The first-order chi connectivity index (χ1) is 16.5. The highest BCUT2D eigenvalue weighted by atomic mass is 16.5. The summed E-state index contributed by atoms with van der Waals surface area (Å²) in [4.78, 5) is 39.1. The molecule has 1 aliphatic rings. The van der Waals surface area contributed by atoms with Crippen molar-refractivity contribution in [1.82, 2.24) is 4.90 Å². The van der Waals surface area contributed by atoms with Crippen molar-refractivity contribution in [1.29, 1.82) is 0 Å². The van der Waals surface area contributed by atoms with E-state index in [2.05, 4.69) is 5.32 Å². The molecule has 0 aromatic heterocycles. The Morgan fingerprint density at radius 1 is 0.824 bits per heavy atom. The van der Waals surface area contributed by atoms with Gasteiger partial charge in [0.15, 0.2) is 0 Å². The van der Waals surface area contributed by atoms with Crippen molar-refractivity contribution in [2.24, 2.45) is 0 Å². The van der Waals surface area contributed by atoms with Crippen molar-refractivity contribution >= 4 is 23.4 Å². The van der Waals surface area contributed by atoms with Crippen LogP contribution in [0.1, 0.15) is 37.5 Å². The number of ether oxygens (including phenoxy) is 3. The molecule has 0 spiro atoms. The highest BCUT2D eigenvalue weighted by molar-refractivity contribution is 6.22. The van der Waals surface area contributed by atoms with E-state index < -0.39 is 5.91 Å². The molecule has 34 heavy (non-hydrogen) atoms. The van der Waals surface area contributed by atoms with E-state index in [1.165, 1.54) is 17.0 Å². The number of carbonyl (C=O) groups is 3. The van der Waals surface area contributed by atoms with E-state index in [0.29, 0.717) is 35.8 Å². The van der Waals surface area contributed by atoms with E-state index in [-0.39, 0.29) is 29.5 Å². The normalized spacial score (nSPS) is 12.5. The van der Waals surface area contributed by atoms with Gasteiger partial charge in [-0.2, -0.15) is 0 Å². The van der Waals surface area contributed by atoms with Gasteiger partial charge in [-0.3, -0.25) is 19.3 Å². The molecule has 0 fully saturated rings. The maximum Gasteiger partial charge on any atom is 0.261 e. The molecule has 1 aliphatic heterocycles. The Kier molecular flexibility index (Phi) is 6.89. The molecule has 174 valence electrons. The minimum Gasteiger partial charge on any atom is -0.497 e. The number of nitrogens with zero attached hydrogens (tertiary/aromatic N) is 1. The molecular formula is C26H24N2O6. The zero-order valence-electron chi connectivity index (χ0n) is 18.9. The van der Waals surface area contributed by atoms with Gasteiger partial charge < -0.3 is 19.5 Å². The average Bonchev–Trinajstić information content (AvgIpc) is 3.10. The van der Waals surface area contributed by atoms with Crippen molar-refractivity contribution in [2.45, 2.75) is 6.42 Å². The van der Waals surface area contributed by atoms with Gasteiger partial charge in [-0.05, 0) is 73.2 Å². The van der Waals surface area contributed by atoms with Crippen LogP contribution in [0.2, 0.25) is 0 Å². The lowest BCUT2D eigenvalue weighted by molar-refractivity contribution is 0.0638. The lowest BCUT2D eigenvalue weighted by atomic mass is 10.1. The second-order valence-corrected chi connectivity index (χ2v) is 7.62. The van der Waals surface area contributed by atoms with Crippen LogP contribution in [-0.2, 0) is 4.74 Å². The van der Waals surface area contributed by atoms with Crippen molar-refractivity contribution in [2.75, 3.05) is 32.7 Å². The smallest absolute Gasteiger partial charge is 0.261 e. The van der Waals surface area contributed by atoms with Crippen LogP contribution in [0, 0.1) is 0 Å². The van der Waals surface area contributed by atoms with Gasteiger partial charge in [0.05, 0.1) is 18.2 Å². The number of fused-ring (bicyclic) bond motifs is 1. The van der Waals surface area contributed by atoms with Crippen LogP contribution in [0.4, 0.5) is 5.69 Å². The molecule has 1 heterocycles.